The van der Waals surface area contributed by atoms with E-state index in [-0.39, 0.29) is 24.6 Å². The molecule has 0 aromatic heterocycles. The summed E-state index contributed by atoms with van der Waals surface area (Å²) in [6.45, 7) is 6.57. The zero-order valence-corrected chi connectivity index (χ0v) is 13.5. The van der Waals surface area contributed by atoms with E-state index < -0.39 is 0 Å². The molecule has 2 aliphatic rings. The molecule has 5 nitrogen and oxygen atoms in total. The minimum atomic E-state index is -0.0388. The van der Waals surface area contributed by atoms with Crippen LogP contribution in [0.5, 0.6) is 0 Å². The maximum Gasteiger partial charge on any atom is 0.237 e. The smallest absolute Gasteiger partial charge is 0.237 e. The van der Waals surface area contributed by atoms with Gasteiger partial charge in [-0.1, -0.05) is 19.3 Å². The summed E-state index contributed by atoms with van der Waals surface area (Å²) in [7, 11) is 0. The number of amides is 1. The Morgan fingerprint density at radius 3 is 2.67 bits per heavy atom. The van der Waals surface area contributed by atoms with E-state index in [2.05, 4.69) is 23.6 Å². The Balaban J connectivity index is 1.97. The van der Waals surface area contributed by atoms with E-state index in [1.807, 2.05) is 0 Å². The van der Waals surface area contributed by atoms with E-state index in [1.54, 1.807) is 0 Å². The number of carbonyl (C=O) groups is 1. The van der Waals surface area contributed by atoms with Crippen LogP contribution in [0.3, 0.4) is 0 Å². The lowest BCUT2D eigenvalue weighted by Crippen LogP contribution is -2.54. The predicted octanol–water partition coefficient (Wildman–Crippen LogP) is 1.25. The number of aliphatic hydroxyl groups excluding tert-OH is 1. The Morgan fingerprint density at radius 2 is 2.05 bits per heavy atom. The van der Waals surface area contributed by atoms with E-state index in [0.29, 0.717) is 25.8 Å². The van der Waals surface area contributed by atoms with Crippen molar-refractivity contribution in [1.82, 2.24) is 9.80 Å². The summed E-state index contributed by atoms with van der Waals surface area (Å²) in [5, 5.41) is 9.42. The molecule has 1 saturated carbocycles. The molecule has 1 amide bonds. The molecule has 0 aromatic carbocycles. The molecular formula is C16H30N2O3. The third-order valence-corrected chi connectivity index (χ3v) is 4.71. The van der Waals surface area contributed by atoms with Crippen molar-refractivity contribution in [1.29, 1.82) is 0 Å². The fraction of sp³-hybridized carbons (Fsp3) is 0.938. The molecular weight excluding hydrogens is 268 g/mol. The van der Waals surface area contributed by atoms with Gasteiger partial charge in [0.25, 0.3) is 0 Å². The second-order valence-corrected chi connectivity index (χ2v) is 6.57. The van der Waals surface area contributed by atoms with E-state index in [4.69, 9.17) is 4.74 Å². The van der Waals surface area contributed by atoms with Crippen molar-refractivity contribution in [3.63, 3.8) is 0 Å². The van der Waals surface area contributed by atoms with Crippen LogP contribution in [-0.2, 0) is 9.53 Å². The number of aliphatic hydroxyl groups is 1. The van der Waals surface area contributed by atoms with Crippen molar-refractivity contribution in [2.24, 2.45) is 0 Å². The second-order valence-electron chi connectivity index (χ2n) is 6.57. The van der Waals surface area contributed by atoms with Gasteiger partial charge in [0.05, 0.1) is 32.4 Å². The Kier molecular flexibility index (Phi) is 6.45. The Bertz CT molecular complexity index is 329. The number of rotatable bonds is 5. The van der Waals surface area contributed by atoms with Gasteiger partial charge in [0.2, 0.25) is 5.91 Å². The van der Waals surface area contributed by atoms with Gasteiger partial charge in [0, 0.05) is 18.6 Å². The molecule has 21 heavy (non-hydrogen) atoms. The van der Waals surface area contributed by atoms with E-state index >= 15 is 0 Å². The average molecular weight is 298 g/mol. The van der Waals surface area contributed by atoms with E-state index in [1.165, 1.54) is 19.3 Å². The van der Waals surface area contributed by atoms with Crippen LogP contribution in [0.4, 0.5) is 0 Å². The van der Waals surface area contributed by atoms with Crippen LogP contribution in [0.2, 0.25) is 0 Å². The third-order valence-electron chi connectivity index (χ3n) is 4.71. The number of morpholine rings is 1. The Labute approximate surface area is 128 Å². The first-order valence-corrected chi connectivity index (χ1v) is 8.37. The van der Waals surface area contributed by atoms with Crippen LogP contribution in [-0.4, -0.2) is 71.8 Å². The van der Waals surface area contributed by atoms with Crippen molar-refractivity contribution < 1.29 is 14.6 Å². The van der Waals surface area contributed by atoms with Gasteiger partial charge in [0.1, 0.15) is 0 Å². The van der Waals surface area contributed by atoms with Crippen LogP contribution in [0.15, 0.2) is 0 Å². The summed E-state index contributed by atoms with van der Waals surface area (Å²) < 4.78 is 5.38. The number of nitrogens with zero attached hydrogens (tertiary/aromatic N) is 2. The van der Waals surface area contributed by atoms with Crippen LogP contribution >= 0.6 is 0 Å². The lowest BCUT2D eigenvalue weighted by atomic mass is 9.93. The van der Waals surface area contributed by atoms with E-state index in [0.717, 1.165) is 19.4 Å². The molecule has 2 fully saturated rings. The molecule has 1 saturated heterocycles. The van der Waals surface area contributed by atoms with Gasteiger partial charge in [-0.25, -0.2) is 0 Å². The first-order chi connectivity index (χ1) is 10.1. The predicted molar refractivity (Wildman–Crippen MR) is 82.1 cm³/mol. The molecule has 1 heterocycles. The molecule has 0 bridgehead atoms. The lowest BCUT2D eigenvalue weighted by Gasteiger charge is -2.40. The standard InChI is InChI=1S/C16H30N2O3/c1-13(2)18(14-6-4-3-5-7-14)16(20)10-17-8-9-21-12-15(17)11-19/h13-15,19H,3-12H2,1-2H3. The maximum absolute atomic E-state index is 12.8. The summed E-state index contributed by atoms with van der Waals surface area (Å²) in [6.07, 6.45) is 6.04. The van der Waals surface area contributed by atoms with Gasteiger partial charge < -0.3 is 14.7 Å². The quantitative estimate of drug-likeness (QED) is 0.830. The number of carbonyl (C=O) groups excluding carboxylic acids is 1. The molecule has 0 radical (unpaired) electrons. The number of hydrogen-bond donors (Lipinski definition) is 1. The van der Waals surface area contributed by atoms with Gasteiger partial charge in [-0.2, -0.15) is 0 Å². The van der Waals surface area contributed by atoms with Crippen LogP contribution in [0.25, 0.3) is 0 Å². The van der Waals surface area contributed by atoms with Crippen LogP contribution in [0.1, 0.15) is 46.0 Å². The highest BCUT2D eigenvalue weighted by molar-refractivity contribution is 5.79. The molecule has 122 valence electrons. The monoisotopic (exact) mass is 298 g/mol. The summed E-state index contributed by atoms with van der Waals surface area (Å²) in [5.74, 6) is 0.206. The third kappa shape index (κ3) is 4.41. The van der Waals surface area contributed by atoms with Gasteiger partial charge in [-0.3, -0.25) is 9.69 Å². The Hall–Kier alpha value is -0.650. The van der Waals surface area contributed by atoms with Gasteiger partial charge in [0.15, 0.2) is 0 Å². The molecule has 0 aromatic rings. The lowest BCUT2D eigenvalue weighted by molar-refractivity contribution is -0.140. The minimum absolute atomic E-state index is 0.0388. The zero-order valence-electron chi connectivity index (χ0n) is 13.5. The molecule has 1 unspecified atom stereocenters. The molecule has 1 aliphatic heterocycles. The minimum Gasteiger partial charge on any atom is -0.395 e. The summed E-state index contributed by atoms with van der Waals surface area (Å²) in [6, 6.07) is 0.608. The molecule has 2 rings (SSSR count). The second kappa shape index (κ2) is 8.11. The molecule has 1 N–H and O–H groups in total. The summed E-state index contributed by atoms with van der Waals surface area (Å²) in [4.78, 5) is 16.9. The first kappa shape index (κ1) is 16.7. The largest absolute Gasteiger partial charge is 0.395 e. The highest BCUT2D eigenvalue weighted by Gasteiger charge is 2.31. The van der Waals surface area contributed by atoms with Crippen molar-refractivity contribution in [2.45, 2.75) is 64.1 Å². The molecule has 1 aliphatic carbocycles. The summed E-state index contributed by atoms with van der Waals surface area (Å²) in [5.41, 5.74) is 0. The molecule has 1 atom stereocenters. The van der Waals surface area contributed by atoms with Crippen LogP contribution in [0, 0.1) is 0 Å². The topological polar surface area (TPSA) is 53.0 Å². The SMILES string of the molecule is CC(C)N(C(=O)CN1CCOCC1CO)C1CCCCC1. The number of ether oxygens (including phenoxy) is 1. The van der Waals surface area contributed by atoms with Crippen LogP contribution < -0.4 is 0 Å². The number of hydrogen-bond acceptors (Lipinski definition) is 4. The average Bonchev–Trinajstić information content (AvgIpc) is 2.48. The summed E-state index contributed by atoms with van der Waals surface area (Å²) >= 11 is 0. The zero-order chi connectivity index (χ0) is 15.2. The molecule has 5 heteroatoms. The fourth-order valence-electron chi connectivity index (χ4n) is 3.59. The highest BCUT2D eigenvalue weighted by atomic mass is 16.5. The normalized spacial score (nSPS) is 25.2. The van der Waals surface area contributed by atoms with E-state index in [9.17, 15) is 9.90 Å². The van der Waals surface area contributed by atoms with Crippen molar-refractivity contribution in [3.05, 3.63) is 0 Å². The first-order valence-electron chi connectivity index (χ1n) is 8.37. The Morgan fingerprint density at radius 1 is 1.33 bits per heavy atom. The molecule has 0 spiro atoms. The van der Waals surface area contributed by atoms with Gasteiger partial charge >= 0.3 is 0 Å². The highest BCUT2D eigenvalue weighted by Crippen LogP contribution is 2.24. The van der Waals surface area contributed by atoms with Crippen molar-refractivity contribution in [3.8, 4) is 0 Å². The van der Waals surface area contributed by atoms with Crippen molar-refractivity contribution in [2.75, 3.05) is 32.9 Å². The fourth-order valence-corrected chi connectivity index (χ4v) is 3.59. The van der Waals surface area contributed by atoms with Crippen molar-refractivity contribution >= 4 is 5.91 Å². The maximum atomic E-state index is 12.8. The van der Waals surface area contributed by atoms with Gasteiger partial charge in [-0.05, 0) is 26.7 Å². The van der Waals surface area contributed by atoms with Gasteiger partial charge in [-0.15, -0.1) is 0 Å².